The molecule has 0 N–H and O–H groups in total. The van der Waals surface area contributed by atoms with Crippen molar-refractivity contribution in [3.8, 4) is 0 Å². The Hall–Kier alpha value is -1.11. The predicted octanol–water partition coefficient (Wildman–Crippen LogP) is 3.01. The van der Waals surface area contributed by atoms with Crippen LogP contribution in [0.2, 0.25) is 0 Å². The molecule has 1 atom stereocenters. The molecule has 0 aromatic heterocycles. The van der Waals surface area contributed by atoms with Gasteiger partial charge < -0.3 is 0 Å². The van der Waals surface area contributed by atoms with Crippen molar-refractivity contribution < 1.29 is 0 Å². The first kappa shape index (κ1) is 12.6. The van der Waals surface area contributed by atoms with Crippen molar-refractivity contribution in [3.05, 3.63) is 37.5 Å². The van der Waals surface area contributed by atoms with E-state index in [0.717, 1.165) is 5.57 Å². The Labute approximate surface area is 69.9 Å². The number of aliphatic imine (C=N–C) groups is 1. The zero-order chi connectivity index (χ0) is 9.28. The fraction of sp³-hybridized carbons (Fsp3) is 0.300. The van der Waals surface area contributed by atoms with E-state index in [2.05, 4.69) is 31.4 Å². The molecule has 0 aromatic carbocycles. The normalized spacial score (nSPS) is 10.0. The van der Waals surface area contributed by atoms with Gasteiger partial charge in [0.2, 0.25) is 0 Å². The van der Waals surface area contributed by atoms with E-state index in [1.165, 1.54) is 0 Å². The van der Waals surface area contributed by atoms with E-state index < -0.39 is 0 Å². The first-order valence-electron chi connectivity index (χ1n) is 3.66. The molecule has 1 unspecified atom stereocenters. The first-order chi connectivity index (χ1) is 5.26. The van der Waals surface area contributed by atoms with Gasteiger partial charge in [-0.2, -0.15) is 0 Å². The van der Waals surface area contributed by atoms with Crippen molar-refractivity contribution in [1.82, 2.24) is 0 Å². The fourth-order valence-electron chi connectivity index (χ4n) is 0.464. The van der Waals surface area contributed by atoms with Crippen LogP contribution in [-0.4, -0.2) is 12.8 Å². The highest BCUT2D eigenvalue weighted by Gasteiger charge is 1.98. The van der Waals surface area contributed by atoms with Gasteiger partial charge in [0.1, 0.15) is 0 Å². The molecule has 62 valence electrons. The molecule has 1 nitrogen and oxygen atoms in total. The van der Waals surface area contributed by atoms with Crippen molar-refractivity contribution in [2.45, 2.75) is 19.9 Å². The van der Waals surface area contributed by atoms with Crippen LogP contribution in [0.5, 0.6) is 0 Å². The van der Waals surface area contributed by atoms with Crippen LogP contribution in [0, 0.1) is 0 Å². The fourth-order valence-corrected chi connectivity index (χ4v) is 0.464. The molecule has 11 heavy (non-hydrogen) atoms. The lowest BCUT2D eigenvalue weighted by Crippen LogP contribution is -1.98. The summed E-state index contributed by atoms with van der Waals surface area (Å²) < 4.78 is 0. The Morgan fingerprint density at radius 3 is 1.91 bits per heavy atom. The maximum Gasteiger partial charge on any atom is 0.0914 e. The van der Waals surface area contributed by atoms with Crippen molar-refractivity contribution in [1.29, 1.82) is 0 Å². The highest BCUT2D eigenvalue weighted by molar-refractivity contribution is 5.32. The van der Waals surface area contributed by atoms with E-state index in [-0.39, 0.29) is 6.04 Å². The molecule has 0 saturated heterocycles. The molecule has 0 aliphatic heterocycles. The molecule has 0 aliphatic carbocycles. The van der Waals surface area contributed by atoms with E-state index in [1.807, 2.05) is 13.8 Å². The van der Waals surface area contributed by atoms with Crippen LogP contribution in [0.3, 0.4) is 0 Å². The second-order valence-corrected chi connectivity index (χ2v) is 1.64. The molecule has 0 bridgehead atoms. The van der Waals surface area contributed by atoms with E-state index in [0.29, 0.717) is 0 Å². The van der Waals surface area contributed by atoms with Crippen LogP contribution in [0.15, 0.2) is 42.5 Å². The third-order valence-corrected chi connectivity index (χ3v) is 1.06. The zero-order valence-corrected chi connectivity index (χ0v) is 7.51. The molecule has 0 aliphatic rings. The molecular weight excluding hydrogens is 134 g/mol. The minimum Gasteiger partial charge on any atom is -0.289 e. The summed E-state index contributed by atoms with van der Waals surface area (Å²) in [6.45, 7) is 18.2. The minimum atomic E-state index is -0.0671. The molecule has 0 amide bonds. The summed E-state index contributed by atoms with van der Waals surface area (Å²) in [5.74, 6) is 0. The summed E-state index contributed by atoms with van der Waals surface area (Å²) in [5.41, 5.74) is 0.833. The second kappa shape index (κ2) is 8.89. The van der Waals surface area contributed by atoms with Gasteiger partial charge in [0, 0.05) is 0 Å². The third-order valence-electron chi connectivity index (χ3n) is 1.06. The lowest BCUT2D eigenvalue weighted by atomic mass is 10.1. The maximum absolute atomic E-state index is 3.74. The largest absolute Gasteiger partial charge is 0.289 e. The van der Waals surface area contributed by atoms with E-state index in [1.54, 1.807) is 12.2 Å². The number of rotatable bonds is 4. The van der Waals surface area contributed by atoms with Crippen molar-refractivity contribution in [3.63, 3.8) is 0 Å². The van der Waals surface area contributed by atoms with Gasteiger partial charge in [0.15, 0.2) is 0 Å². The highest BCUT2D eigenvalue weighted by atomic mass is 14.7. The van der Waals surface area contributed by atoms with Crippen LogP contribution >= 0.6 is 0 Å². The van der Waals surface area contributed by atoms with Crippen LogP contribution < -0.4 is 0 Å². The summed E-state index contributed by atoms with van der Waals surface area (Å²) in [7, 11) is 0. The maximum atomic E-state index is 3.74. The Kier molecular flexibility index (Phi) is 10.1. The zero-order valence-electron chi connectivity index (χ0n) is 7.51. The van der Waals surface area contributed by atoms with Gasteiger partial charge in [-0.25, -0.2) is 0 Å². The van der Waals surface area contributed by atoms with Crippen LogP contribution in [0.1, 0.15) is 13.8 Å². The van der Waals surface area contributed by atoms with E-state index in [9.17, 15) is 0 Å². The predicted molar refractivity (Wildman–Crippen MR) is 54.2 cm³/mol. The Bertz CT molecular complexity index is 137. The number of hydrogen-bond acceptors (Lipinski definition) is 1. The SMILES string of the molecule is C=CC(=C)C(C=C)N=C.CC. The molecule has 0 spiro atoms. The van der Waals surface area contributed by atoms with Crippen LogP contribution in [0.25, 0.3) is 0 Å². The van der Waals surface area contributed by atoms with Crippen LogP contribution in [0.4, 0.5) is 0 Å². The third kappa shape index (κ3) is 5.34. The van der Waals surface area contributed by atoms with Crippen molar-refractivity contribution in [2.75, 3.05) is 0 Å². The smallest absolute Gasteiger partial charge is 0.0914 e. The number of hydrogen-bond donors (Lipinski definition) is 0. The quantitative estimate of drug-likeness (QED) is 0.333. The summed E-state index contributed by atoms with van der Waals surface area (Å²) in [5, 5.41) is 0. The van der Waals surface area contributed by atoms with Crippen LogP contribution in [-0.2, 0) is 0 Å². The van der Waals surface area contributed by atoms with Gasteiger partial charge in [0.25, 0.3) is 0 Å². The molecule has 1 heteroatoms. The Morgan fingerprint density at radius 2 is 1.82 bits per heavy atom. The highest BCUT2D eigenvalue weighted by Crippen LogP contribution is 2.04. The average molecular weight is 151 g/mol. The molecule has 0 radical (unpaired) electrons. The van der Waals surface area contributed by atoms with Gasteiger partial charge in [-0.3, -0.25) is 4.99 Å². The van der Waals surface area contributed by atoms with Gasteiger partial charge >= 0.3 is 0 Å². The summed E-state index contributed by atoms with van der Waals surface area (Å²) in [4.78, 5) is 3.74. The average Bonchev–Trinajstić information content (AvgIpc) is 2.10. The summed E-state index contributed by atoms with van der Waals surface area (Å²) in [6, 6.07) is -0.0671. The standard InChI is InChI=1S/C8H11N.C2H6/c1-5-7(3)8(6-2)9-4;1-2/h5-6,8H,1-4H2;1-2H3. The van der Waals surface area contributed by atoms with E-state index >= 15 is 0 Å². The van der Waals surface area contributed by atoms with Crippen molar-refractivity contribution >= 4 is 6.72 Å². The summed E-state index contributed by atoms with van der Waals surface area (Å²) >= 11 is 0. The van der Waals surface area contributed by atoms with Crippen molar-refractivity contribution in [2.24, 2.45) is 4.99 Å². The lowest BCUT2D eigenvalue weighted by molar-refractivity contribution is 1.00. The number of nitrogens with zero attached hydrogens (tertiary/aromatic N) is 1. The van der Waals surface area contributed by atoms with Gasteiger partial charge in [-0.1, -0.05) is 39.2 Å². The van der Waals surface area contributed by atoms with Gasteiger partial charge in [-0.05, 0) is 12.3 Å². The van der Waals surface area contributed by atoms with E-state index in [4.69, 9.17) is 0 Å². The molecule has 0 saturated carbocycles. The Morgan fingerprint density at radius 1 is 1.36 bits per heavy atom. The summed E-state index contributed by atoms with van der Waals surface area (Å²) in [6.07, 6.45) is 3.33. The molecule has 0 rings (SSSR count). The second-order valence-electron chi connectivity index (χ2n) is 1.64. The Balaban J connectivity index is 0. The monoisotopic (exact) mass is 151 g/mol. The molecular formula is C10H17N. The van der Waals surface area contributed by atoms with Gasteiger partial charge in [0.05, 0.1) is 6.04 Å². The molecule has 0 fully saturated rings. The minimum absolute atomic E-state index is 0.0671. The first-order valence-corrected chi connectivity index (χ1v) is 3.66. The van der Waals surface area contributed by atoms with Gasteiger partial charge in [-0.15, -0.1) is 6.58 Å². The molecule has 0 aromatic rings. The topological polar surface area (TPSA) is 12.4 Å². The lowest BCUT2D eigenvalue weighted by Gasteiger charge is -2.03. The molecule has 0 heterocycles.